The summed E-state index contributed by atoms with van der Waals surface area (Å²) in [6.07, 6.45) is 0.621. The average molecular weight is 212 g/mol. The Morgan fingerprint density at radius 1 is 1.43 bits per heavy atom. The Morgan fingerprint density at radius 3 is 2.79 bits per heavy atom. The Kier molecular flexibility index (Phi) is 2.31. The normalized spacial score (nSPS) is 14.5. The Balaban J connectivity index is 2.46. The van der Waals surface area contributed by atoms with Crippen molar-refractivity contribution in [1.29, 1.82) is 0 Å². The maximum atomic E-state index is 13.4. The van der Waals surface area contributed by atoms with Gasteiger partial charge in [-0.05, 0) is 18.1 Å². The summed E-state index contributed by atoms with van der Waals surface area (Å²) in [6.45, 7) is 4.12. The van der Waals surface area contributed by atoms with Crippen molar-refractivity contribution in [1.82, 2.24) is 0 Å². The summed E-state index contributed by atoms with van der Waals surface area (Å²) in [5, 5.41) is 0.412. The molecule has 0 N–H and O–H groups in total. The Morgan fingerprint density at radius 2 is 2.14 bits per heavy atom. The maximum Gasteiger partial charge on any atom is 0.130 e. The second-order valence-electron chi connectivity index (χ2n) is 3.82. The fourth-order valence-electron chi connectivity index (χ4n) is 1.57. The summed E-state index contributed by atoms with van der Waals surface area (Å²) < 4.78 is 13.4. The number of hydrogen-bond donors (Lipinski definition) is 0. The minimum Gasteiger partial charge on any atom is -0.257 e. The predicted molar refractivity (Wildman–Crippen MR) is 57.0 cm³/mol. The summed E-state index contributed by atoms with van der Waals surface area (Å²) >= 11 is 5.75. The van der Waals surface area contributed by atoms with Crippen molar-refractivity contribution >= 4 is 23.0 Å². The monoisotopic (exact) mass is 211 g/mol. The van der Waals surface area contributed by atoms with Crippen molar-refractivity contribution in [2.75, 3.05) is 0 Å². The number of aliphatic imine (C=N–C) groups is 1. The van der Waals surface area contributed by atoms with Gasteiger partial charge in [-0.15, -0.1) is 0 Å². The first-order chi connectivity index (χ1) is 6.58. The molecule has 0 atom stereocenters. The molecule has 1 heterocycles. The number of halogens is 2. The van der Waals surface area contributed by atoms with Crippen molar-refractivity contribution in [3.8, 4) is 0 Å². The van der Waals surface area contributed by atoms with Gasteiger partial charge in [-0.25, -0.2) is 4.39 Å². The number of hydrogen-bond acceptors (Lipinski definition) is 1. The molecule has 1 aliphatic rings. The molecule has 1 aliphatic heterocycles. The highest BCUT2D eigenvalue weighted by Gasteiger charge is 2.20. The van der Waals surface area contributed by atoms with Crippen LogP contribution in [0.2, 0.25) is 5.02 Å². The number of rotatable bonds is 1. The third-order valence-electron chi connectivity index (χ3n) is 2.43. The molecule has 0 unspecified atom stereocenters. The zero-order valence-corrected chi connectivity index (χ0v) is 8.90. The molecule has 0 fully saturated rings. The summed E-state index contributed by atoms with van der Waals surface area (Å²) in [5.74, 6) is 0.118. The van der Waals surface area contributed by atoms with Gasteiger partial charge in [0.2, 0.25) is 0 Å². The van der Waals surface area contributed by atoms with Gasteiger partial charge in [-0.1, -0.05) is 25.4 Å². The Hall–Kier alpha value is -0.890. The van der Waals surface area contributed by atoms with Crippen molar-refractivity contribution in [3.63, 3.8) is 0 Å². The topological polar surface area (TPSA) is 12.4 Å². The van der Waals surface area contributed by atoms with Crippen LogP contribution >= 0.6 is 11.6 Å². The highest BCUT2D eigenvalue weighted by atomic mass is 35.5. The van der Waals surface area contributed by atoms with Gasteiger partial charge in [0.1, 0.15) is 5.82 Å². The lowest BCUT2D eigenvalue weighted by Gasteiger charge is -2.02. The van der Waals surface area contributed by atoms with Gasteiger partial charge in [-0.2, -0.15) is 0 Å². The van der Waals surface area contributed by atoms with Crippen LogP contribution in [0.3, 0.4) is 0 Å². The highest BCUT2D eigenvalue weighted by Crippen LogP contribution is 2.33. The van der Waals surface area contributed by atoms with E-state index in [1.54, 1.807) is 6.07 Å². The predicted octanol–water partition coefficient (Wildman–Crippen LogP) is 3.76. The van der Waals surface area contributed by atoms with E-state index in [4.69, 9.17) is 11.6 Å². The van der Waals surface area contributed by atoms with Gasteiger partial charge in [0.25, 0.3) is 0 Å². The van der Waals surface area contributed by atoms with Gasteiger partial charge >= 0.3 is 0 Å². The molecule has 1 aromatic rings. The van der Waals surface area contributed by atoms with Crippen LogP contribution in [-0.2, 0) is 6.42 Å². The number of nitrogens with zero attached hydrogens (tertiary/aromatic N) is 1. The zero-order valence-electron chi connectivity index (χ0n) is 8.14. The van der Waals surface area contributed by atoms with Gasteiger partial charge < -0.3 is 0 Å². The van der Waals surface area contributed by atoms with Crippen molar-refractivity contribution < 1.29 is 4.39 Å². The van der Waals surface area contributed by atoms with E-state index in [1.165, 1.54) is 6.07 Å². The third kappa shape index (κ3) is 1.55. The van der Waals surface area contributed by atoms with E-state index in [1.807, 2.05) is 0 Å². The molecule has 0 saturated carbocycles. The maximum absolute atomic E-state index is 13.4. The largest absolute Gasteiger partial charge is 0.257 e. The van der Waals surface area contributed by atoms with E-state index < -0.39 is 0 Å². The SMILES string of the molecule is CC(C)C1=Nc2cc(Cl)cc(F)c2C1. The molecule has 0 aromatic heterocycles. The van der Waals surface area contributed by atoms with Gasteiger partial charge in [0, 0.05) is 22.7 Å². The van der Waals surface area contributed by atoms with Gasteiger partial charge in [0.05, 0.1) is 5.69 Å². The van der Waals surface area contributed by atoms with Crippen LogP contribution in [0.25, 0.3) is 0 Å². The lowest BCUT2D eigenvalue weighted by molar-refractivity contribution is 0.617. The standard InChI is InChI=1S/C11H11ClFN/c1-6(2)10-5-8-9(13)3-7(12)4-11(8)14-10/h3-4,6H,5H2,1-2H3. The summed E-state index contributed by atoms with van der Waals surface area (Å²) in [7, 11) is 0. The molecule has 0 aliphatic carbocycles. The van der Waals surface area contributed by atoms with E-state index in [-0.39, 0.29) is 5.82 Å². The minimum absolute atomic E-state index is 0.244. The van der Waals surface area contributed by atoms with Crippen LogP contribution in [0, 0.1) is 11.7 Å². The quantitative estimate of drug-likeness (QED) is 0.671. The molecule has 0 amide bonds. The van der Waals surface area contributed by atoms with Crippen molar-refractivity contribution in [3.05, 3.63) is 28.5 Å². The molecular weight excluding hydrogens is 201 g/mol. The zero-order chi connectivity index (χ0) is 10.3. The fourth-order valence-corrected chi connectivity index (χ4v) is 1.77. The first-order valence-electron chi connectivity index (χ1n) is 4.63. The average Bonchev–Trinajstić information content (AvgIpc) is 2.47. The van der Waals surface area contributed by atoms with Crippen molar-refractivity contribution in [2.45, 2.75) is 20.3 Å². The van der Waals surface area contributed by atoms with Crippen LogP contribution in [-0.4, -0.2) is 5.71 Å². The lowest BCUT2D eigenvalue weighted by Crippen LogP contribution is -2.07. The van der Waals surface area contributed by atoms with Gasteiger partial charge in [-0.3, -0.25) is 4.99 Å². The molecule has 0 spiro atoms. The van der Waals surface area contributed by atoms with Crippen LogP contribution in [0.4, 0.5) is 10.1 Å². The smallest absolute Gasteiger partial charge is 0.130 e. The highest BCUT2D eigenvalue weighted by molar-refractivity contribution is 6.31. The first-order valence-corrected chi connectivity index (χ1v) is 5.01. The van der Waals surface area contributed by atoms with E-state index >= 15 is 0 Å². The number of fused-ring (bicyclic) bond motifs is 1. The van der Waals surface area contributed by atoms with Crippen LogP contribution < -0.4 is 0 Å². The Labute approximate surface area is 87.6 Å². The molecule has 1 aromatic carbocycles. The van der Waals surface area contributed by atoms with Crippen LogP contribution in [0.15, 0.2) is 17.1 Å². The summed E-state index contributed by atoms with van der Waals surface area (Å²) in [5.41, 5.74) is 2.40. The molecule has 0 radical (unpaired) electrons. The minimum atomic E-state index is -0.244. The molecule has 3 heteroatoms. The van der Waals surface area contributed by atoms with E-state index in [9.17, 15) is 4.39 Å². The van der Waals surface area contributed by atoms with E-state index in [0.717, 1.165) is 5.71 Å². The molecule has 1 nitrogen and oxygen atoms in total. The fraction of sp³-hybridized carbons (Fsp3) is 0.364. The molecule has 14 heavy (non-hydrogen) atoms. The second-order valence-corrected chi connectivity index (χ2v) is 4.26. The molecule has 0 saturated heterocycles. The third-order valence-corrected chi connectivity index (χ3v) is 2.64. The van der Waals surface area contributed by atoms with E-state index in [2.05, 4.69) is 18.8 Å². The van der Waals surface area contributed by atoms with Crippen molar-refractivity contribution in [2.24, 2.45) is 10.9 Å². The second kappa shape index (κ2) is 3.35. The first kappa shape index (κ1) is 9.66. The van der Waals surface area contributed by atoms with E-state index in [0.29, 0.717) is 28.6 Å². The van der Waals surface area contributed by atoms with Crippen LogP contribution in [0.1, 0.15) is 19.4 Å². The number of benzene rings is 1. The Bertz CT molecular complexity index is 410. The molecule has 74 valence electrons. The molecule has 2 rings (SSSR count). The summed E-state index contributed by atoms with van der Waals surface area (Å²) in [4.78, 5) is 4.36. The van der Waals surface area contributed by atoms with Crippen LogP contribution in [0.5, 0.6) is 0 Å². The lowest BCUT2D eigenvalue weighted by atomic mass is 10.0. The summed E-state index contributed by atoms with van der Waals surface area (Å²) in [6, 6.07) is 3.06. The van der Waals surface area contributed by atoms with Gasteiger partial charge in [0.15, 0.2) is 0 Å². The molecular formula is C11H11ClFN. The molecule has 0 bridgehead atoms.